The third kappa shape index (κ3) is 7.02. The van der Waals surface area contributed by atoms with E-state index in [1.54, 1.807) is 0 Å². The molecule has 0 spiro atoms. The van der Waals surface area contributed by atoms with E-state index in [0.29, 0.717) is 6.07 Å². The van der Waals surface area contributed by atoms with Crippen LogP contribution in [0, 0.1) is 10.1 Å². The number of halogens is 4. The summed E-state index contributed by atoms with van der Waals surface area (Å²) >= 11 is 5.82. The van der Waals surface area contributed by atoms with E-state index in [9.17, 15) is 36.5 Å². The number of hydrogen-bond acceptors (Lipinski definition) is 8. The van der Waals surface area contributed by atoms with Gasteiger partial charge in [0.25, 0.3) is 5.69 Å². The predicted octanol–water partition coefficient (Wildman–Crippen LogP) is 4.04. The Hall–Kier alpha value is -2.94. The average Bonchev–Trinajstić information content (AvgIpc) is 2.71. The Balaban J connectivity index is 2.19. The maximum absolute atomic E-state index is 12.8. The van der Waals surface area contributed by atoms with Gasteiger partial charge < -0.3 is 9.47 Å². The average molecular weight is 513 g/mol. The standard InChI is InChI=1S/C18H16ClF3N2O8S/c1-23(2)33(28,29)31-8-7-30-17(25)13-10-12(4-5-15(13)24(26)27)32-16-6-3-11(9-14(16)19)18(20,21)22/h3-6,9-10H,7-8H2,1-2H3. The van der Waals surface area contributed by atoms with Crippen LogP contribution in [0.4, 0.5) is 18.9 Å². The number of hydrogen-bond donors (Lipinski definition) is 0. The summed E-state index contributed by atoms with van der Waals surface area (Å²) in [6, 6.07) is 5.29. The highest BCUT2D eigenvalue weighted by atomic mass is 35.5. The fourth-order valence-electron chi connectivity index (χ4n) is 2.25. The van der Waals surface area contributed by atoms with Crippen LogP contribution >= 0.6 is 11.6 Å². The van der Waals surface area contributed by atoms with Crippen LogP contribution in [0.5, 0.6) is 11.5 Å². The van der Waals surface area contributed by atoms with Gasteiger partial charge in [-0.1, -0.05) is 11.6 Å². The molecule has 0 aliphatic heterocycles. The first-order valence-corrected chi connectivity index (χ1v) is 10.5. The van der Waals surface area contributed by atoms with Crippen LogP contribution in [-0.2, 0) is 25.4 Å². The Kier molecular flexibility index (Phi) is 8.24. The van der Waals surface area contributed by atoms with Gasteiger partial charge in [-0.25, -0.2) is 4.79 Å². The second-order valence-electron chi connectivity index (χ2n) is 6.38. The van der Waals surface area contributed by atoms with Crippen molar-refractivity contribution in [3.05, 3.63) is 62.7 Å². The van der Waals surface area contributed by atoms with E-state index in [1.165, 1.54) is 14.1 Å². The third-order valence-electron chi connectivity index (χ3n) is 3.87. The molecule has 33 heavy (non-hydrogen) atoms. The molecule has 0 fully saturated rings. The molecule has 0 N–H and O–H groups in total. The summed E-state index contributed by atoms with van der Waals surface area (Å²) in [5.74, 6) is -1.53. The third-order valence-corrected chi connectivity index (χ3v) is 5.52. The first-order valence-electron chi connectivity index (χ1n) is 8.79. The first-order chi connectivity index (χ1) is 15.2. The zero-order valence-electron chi connectivity index (χ0n) is 17.0. The van der Waals surface area contributed by atoms with Crippen LogP contribution < -0.4 is 4.74 Å². The molecule has 2 aromatic carbocycles. The molecule has 0 aliphatic rings. The number of nitro benzene ring substituents is 1. The maximum Gasteiger partial charge on any atom is 0.416 e. The Morgan fingerprint density at radius 1 is 1.15 bits per heavy atom. The molecular formula is C18H16ClF3N2O8S. The highest BCUT2D eigenvalue weighted by Gasteiger charge is 2.31. The lowest BCUT2D eigenvalue weighted by molar-refractivity contribution is -0.385. The van der Waals surface area contributed by atoms with Crippen LogP contribution in [0.1, 0.15) is 15.9 Å². The molecule has 0 aliphatic carbocycles. The molecule has 0 bridgehead atoms. The second kappa shape index (κ2) is 10.3. The molecule has 0 aromatic heterocycles. The van der Waals surface area contributed by atoms with Gasteiger partial charge in [-0.3, -0.25) is 14.3 Å². The fraction of sp³-hybridized carbons (Fsp3) is 0.278. The molecule has 0 amide bonds. The summed E-state index contributed by atoms with van der Waals surface area (Å²) in [4.78, 5) is 22.7. The summed E-state index contributed by atoms with van der Waals surface area (Å²) < 4.78 is 76.8. The van der Waals surface area contributed by atoms with Crippen molar-refractivity contribution in [2.75, 3.05) is 27.3 Å². The number of benzene rings is 2. The molecule has 10 nitrogen and oxygen atoms in total. The number of rotatable bonds is 9. The molecule has 0 saturated heterocycles. The summed E-state index contributed by atoms with van der Waals surface area (Å²) in [5, 5.41) is 10.9. The van der Waals surface area contributed by atoms with E-state index in [0.717, 1.165) is 34.6 Å². The molecule has 0 atom stereocenters. The molecule has 0 unspecified atom stereocenters. The monoisotopic (exact) mass is 512 g/mol. The highest BCUT2D eigenvalue weighted by Crippen LogP contribution is 2.37. The van der Waals surface area contributed by atoms with E-state index >= 15 is 0 Å². The quantitative estimate of drug-likeness (QED) is 0.213. The van der Waals surface area contributed by atoms with Crippen molar-refractivity contribution in [1.82, 2.24) is 4.31 Å². The Bertz CT molecular complexity index is 1160. The molecular weight excluding hydrogens is 497 g/mol. The van der Waals surface area contributed by atoms with Crippen LogP contribution in [0.2, 0.25) is 5.02 Å². The predicted molar refractivity (Wildman–Crippen MR) is 108 cm³/mol. The van der Waals surface area contributed by atoms with Crippen LogP contribution in [0.15, 0.2) is 36.4 Å². The Morgan fingerprint density at radius 2 is 1.82 bits per heavy atom. The zero-order chi connectivity index (χ0) is 25.0. The molecule has 180 valence electrons. The lowest BCUT2D eigenvalue weighted by Crippen LogP contribution is -2.26. The summed E-state index contributed by atoms with van der Waals surface area (Å²) in [6.45, 7) is -1.09. The molecule has 0 saturated carbocycles. The van der Waals surface area contributed by atoms with Gasteiger partial charge in [0, 0.05) is 26.2 Å². The Morgan fingerprint density at radius 3 is 2.36 bits per heavy atom. The number of nitrogens with zero attached hydrogens (tertiary/aromatic N) is 2. The second-order valence-corrected chi connectivity index (χ2v) is 8.61. The van der Waals surface area contributed by atoms with Gasteiger partial charge in [0.15, 0.2) is 0 Å². The van der Waals surface area contributed by atoms with Crippen LogP contribution in [0.3, 0.4) is 0 Å². The van der Waals surface area contributed by atoms with Crippen molar-refractivity contribution < 1.29 is 45.0 Å². The van der Waals surface area contributed by atoms with E-state index < -0.39 is 57.4 Å². The minimum atomic E-state index is -4.62. The number of carbonyl (C=O) groups is 1. The van der Waals surface area contributed by atoms with Gasteiger partial charge in [-0.05, 0) is 24.3 Å². The number of carbonyl (C=O) groups excluding carboxylic acids is 1. The zero-order valence-corrected chi connectivity index (χ0v) is 18.5. The maximum atomic E-state index is 12.8. The van der Waals surface area contributed by atoms with E-state index in [2.05, 4.69) is 4.18 Å². The number of ether oxygens (including phenoxy) is 2. The Labute approximate surface area is 190 Å². The van der Waals surface area contributed by atoms with Crippen molar-refractivity contribution in [2.24, 2.45) is 0 Å². The number of alkyl halides is 3. The minimum Gasteiger partial charge on any atom is -0.459 e. The first kappa shape index (κ1) is 26.3. The van der Waals surface area contributed by atoms with E-state index in [1.807, 2.05) is 0 Å². The van der Waals surface area contributed by atoms with Crippen molar-refractivity contribution in [3.8, 4) is 11.5 Å². The number of nitro groups is 1. The van der Waals surface area contributed by atoms with Gasteiger partial charge in [-0.15, -0.1) is 0 Å². The largest absolute Gasteiger partial charge is 0.459 e. The lowest BCUT2D eigenvalue weighted by atomic mass is 10.1. The van der Waals surface area contributed by atoms with Crippen LogP contribution in [-0.4, -0.2) is 50.9 Å². The smallest absolute Gasteiger partial charge is 0.416 e. The van der Waals surface area contributed by atoms with Gasteiger partial charge in [0.1, 0.15) is 30.3 Å². The molecule has 0 heterocycles. The van der Waals surface area contributed by atoms with Crippen LogP contribution in [0.25, 0.3) is 0 Å². The van der Waals surface area contributed by atoms with Gasteiger partial charge in [0.2, 0.25) is 0 Å². The normalized spacial score (nSPS) is 12.0. The number of esters is 1. The SMILES string of the molecule is CN(C)S(=O)(=O)OCCOC(=O)c1cc(Oc2ccc(C(F)(F)F)cc2Cl)ccc1[N+](=O)[O-]. The summed E-state index contributed by atoms with van der Waals surface area (Å²) in [7, 11) is -1.57. The molecule has 2 rings (SSSR count). The van der Waals surface area contributed by atoms with Crippen molar-refractivity contribution >= 4 is 33.6 Å². The molecule has 15 heteroatoms. The van der Waals surface area contributed by atoms with E-state index in [-0.39, 0.29) is 16.5 Å². The van der Waals surface area contributed by atoms with Gasteiger partial charge in [-0.2, -0.15) is 25.9 Å². The van der Waals surface area contributed by atoms with Gasteiger partial charge >= 0.3 is 22.4 Å². The van der Waals surface area contributed by atoms with Crippen molar-refractivity contribution in [2.45, 2.75) is 6.18 Å². The van der Waals surface area contributed by atoms with E-state index in [4.69, 9.17) is 21.1 Å². The molecule has 2 aromatic rings. The lowest BCUT2D eigenvalue weighted by Gasteiger charge is -2.12. The summed E-state index contributed by atoms with van der Waals surface area (Å²) in [6.07, 6.45) is -4.62. The van der Waals surface area contributed by atoms with Crippen molar-refractivity contribution in [1.29, 1.82) is 0 Å². The fourth-order valence-corrected chi connectivity index (χ4v) is 2.95. The minimum absolute atomic E-state index is 0.152. The molecule has 0 radical (unpaired) electrons. The van der Waals surface area contributed by atoms with Crippen molar-refractivity contribution in [3.63, 3.8) is 0 Å². The summed E-state index contributed by atoms with van der Waals surface area (Å²) in [5.41, 5.74) is -2.20. The highest BCUT2D eigenvalue weighted by molar-refractivity contribution is 7.84. The van der Waals surface area contributed by atoms with Gasteiger partial charge in [0.05, 0.1) is 15.5 Å². The topological polar surface area (TPSA) is 125 Å².